The molecule has 0 saturated carbocycles. The number of hydrogen-bond acceptors (Lipinski definition) is 2. The van der Waals surface area contributed by atoms with Crippen LogP contribution in [0.1, 0.15) is 27.2 Å². The third kappa shape index (κ3) is 1.89. The Morgan fingerprint density at radius 1 is 1.50 bits per heavy atom. The molecule has 1 aliphatic heterocycles. The van der Waals surface area contributed by atoms with Gasteiger partial charge in [0, 0.05) is 12.5 Å². The van der Waals surface area contributed by atoms with E-state index >= 15 is 0 Å². The standard InChI is InChI=1S/C10H17NO3/c1-6(2)8-4-5-11(9(8)12)7(3)10(13)14/h6-8H,4-5H2,1-3H3,(H,13,14)/t7-,8+/m0/s1. The maximum absolute atomic E-state index is 11.8. The van der Waals surface area contributed by atoms with Crippen molar-refractivity contribution in [1.29, 1.82) is 0 Å². The molecule has 2 atom stereocenters. The van der Waals surface area contributed by atoms with Crippen molar-refractivity contribution in [2.75, 3.05) is 6.54 Å². The summed E-state index contributed by atoms with van der Waals surface area (Å²) in [4.78, 5) is 23.9. The fraction of sp³-hybridized carbons (Fsp3) is 0.800. The molecule has 0 bridgehead atoms. The van der Waals surface area contributed by atoms with Crippen LogP contribution in [0, 0.1) is 11.8 Å². The first-order valence-electron chi connectivity index (χ1n) is 4.98. The zero-order chi connectivity index (χ0) is 10.9. The first-order chi connectivity index (χ1) is 6.45. The summed E-state index contributed by atoms with van der Waals surface area (Å²) in [5.41, 5.74) is 0. The second kappa shape index (κ2) is 3.98. The highest BCUT2D eigenvalue weighted by molar-refractivity contribution is 5.86. The second-order valence-electron chi connectivity index (χ2n) is 4.19. The molecule has 1 fully saturated rings. The number of amides is 1. The number of likely N-dealkylation sites (tertiary alicyclic amines) is 1. The summed E-state index contributed by atoms with van der Waals surface area (Å²) >= 11 is 0. The van der Waals surface area contributed by atoms with E-state index in [9.17, 15) is 9.59 Å². The van der Waals surface area contributed by atoms with E-state index in [0.717, 1.165) is 6.42 Å². The number of aliphatic carboxylic acids is 1. The van der Waals surface area contributed by atoms with E-state index < -0.39 is 12.0 Å². The highest BCUT2D eigenvalue weighted by atomic mass is 16.4. The van der Waals surface area contributed by atoms with Crippen molar-refractivity contribution < 1.29 is 14.7 Å². The third-order valence-electron chi connectivity index (χ3n) is 2.91. The van der Waals surface area contributed by atoms with Gasteiger partial charge in [-0.1, -0.05) is 13.8 Å². The van der Waals surface area contributed by atoms with Crippen LogP contribution in [0.5, 0.6) is 0 Å². The zero-order valence-corrected chi connectivity index (χ0v) is 8.86. The molecule has 4 heteroatoms. The van der Waals surface area contributed by atoms with E-state index in [-0.39, 0.29) is 11.8 Å². The molecule has 1 N–H and O–H groups in total. The van der Waals surface area contributed by atoms with E-state index in [0.29, 0.717) is 12.5 Å². The van der Waals surface area contributed by atoms with Gasteiger partial charge in [-0.3, -0.25) is 4.79 Å². The average Bonchev–Trinajstić information content (AvgIpc) is 2.45. The molecule has 0 aromatic heterocycles. The predicted molar refractivity (Wildman–Crippen MR) is 51.8 cm³/mol. The molecule has 0 aromatic carbocycles. The van der Waals surface area contributed by atoms with Gasteiger partial charge in [-0.2, -0.15) is 0 Å². The Labute approximate surface area is 83.9 Å². The molecule has 1 rings (SSSR count). The summed E-state index contributed by atoms with van der Waals surface area (Å²) < 4.78 is 0. The molecular weight excluding hydrogens is 182 g/mol. The molecule has 1 aliphatic rings. The molecule has 0 aliphatic carbocycles. The summed E-state index contributed by atoms with van der Waals surface area (Å²) in [5.74, 6) is -0.622. The Morgan fingerprint density at radius 2 is 2.07 bits per heavy atom. The van der Waals surface area contributed by atoms with Crippen molar-refractivity contribution >= 4 is 11.9 Å². The normalized spacial score (nSPS) is 24.4. The van der Waals surface area contributed by atoms with Crippen LogP contribution >= 0.6 is 0 Å². The Hall–Kier alpha value is -1.06. The molecule has 1 saturated heterocycles. The van der Waals surface area contributed by atoms with Crippen molar-refractivity contribution in [2.45, 2.75) is 33.2 Å². The van der Waals surface area contributed by atoms with Gasteiger partial charge in [-0.15, -0.1) is 0 Å². The lowest BCUT2D eigenvalue weighted by atomic mass is 9.95. The van der Waals surface area contributed by atoms with Gasteiger partial charge in [0.15, 0.2) is 0 Å². The van der Waals surface area contributed by atoms with Gasteiger partial charge in [0.2, 0.25) is 5.91 Å². The third-order valence-corrected chi connectivity index (χ3v) is 2.91. The number of nitrogens with zero attached hydrogens (tertiary/aromatic N) is 1. The molecule has 0 radical (unpaired) electrons. The molecule has 0 aromatic rings. The highest BCUT2D eigenvalue weighted by Crippen LogP contribution is 2.26. The van der Waals surface area contributed by atoms with E-state index in [1.807, 2.05) is 13.8 Å². The molecular formula is C10H17NO3. The minimum absolute atomic E-state index is 0.00472. The van der Waals surface area contributed by atoms with Crippen LogP contribution in [0.2, 0.25) is 0 Å². The van der Waals surface area contributed by atoms with Crippen LogP contribution in [0.15, 0.2) is 0 Å². The molecule has 80 valence electrons. The van der Waals surface area contributed by atoms with Gasteiger partial charge >= 0.3 is 5.97 Å². The Bertz CT molecular complexity index is 250. The van der Waals surface area contributed by atoms with Crippen LogP contribution < -0.4 is 0 Å². The molecule has 1 amide bonds. The van der Waals surface area contributed by atoms with E-state index in [2.05, 4.69) is 0 Å². The molecule has 0 unspecified atom stereocenters. The fourth-order valence-electron chi connectivity index (χ4n) is 1.86. The summed E-state index contributed by atoms with van der Waals surface area (Å²) in [6, 6.07) is -0.689. The molecule has 1 heterocycles. The van der Waals surface area contributed by atoms with Crippen molar-refractivity contribution in [3.63, 3.8) is 0 Å². The van der Waals surface area contributed by atoms with Crippen LogP contribution in [-0.4, -0.2) is 34.5 Å². The van der Waals surface area contributed by atoms with E-state index in [1.54, 1.807) is 6.92 Å². The predicted octanol–water partition coefficient (Wildman–Crippen LogP) is 0.964. The Morgan fingerprint density at radius 3 is 2.43 bits per heavy atom. The minimum Gasteiger partial charge on any atom is -0.480 e. The lowest BCUT2D eigenvalue weighted by molar-refractivity contribution is -0.148. The monoisotopic (exact) mass is 199 g/mol. The number of carboxylic acid groups (broad SMARTS) is 1. The SMILES string of the molecule is CC(C)[C@H]1CCN([C@@H](C)C(=O)O)C1=O. The topological polar surface area (TPSA) is 57.6 Å². The maximum Gasteiger partial charge on any atom is 0.326 e. The summed E-state index contributed by atoms with van der Waals surface area (Å²) in [5, 5.41) is 8.79. The van der Waals surface area contributed by atoms with Crippen LogP contribution in [0.3, 0.4) is 0 Å². The lowest BCUT2D eigenvalue weighted by Crippen LogP contribution is -2.41. The number of rotatable bonds is 3. The number of carbonyl (C=O) groups is 2. The van der Waals surface area contributed by atoms with Crippen molar-refractivity contribution in [1.82, 2.24) is 4.90 Å². The van der Waals surface area contributed by atoms with Crippen LogP contribution in [-0.2, 0) is 9.59 Å². The number of carbonyl (C=O) groups excluding carboxylic acids is 1. The first-order valence-corrected chi connectivity index (χ1v) is 4.98. The van der Waals surface area contributed by atoms with Gasteiger partial charge < -0.3 is 10.0 Å². The summed E-state index contributed by atoms with van der Waals surface area (Å²) in [7, 11) is 0. The zero-order valence-electron chi connectivity index (χ0n) is 8.86. The van der Waals surface area contributed by atoms with Gasteiger partial charge in [0.25, 0.3) is 0 Å². The second-order valence-corrected chi connectivity index (χ2v) is 4.19. The van der Waals surface area contributed by atoms with Crippen LogP contribution in [0.25, 0.3) is 0 Å². The largest absolute Gasteiger partial charge is 0.480 e. The molecule has 0 spiro atoms. The smallest absolute Gasteiger partial charge is 0.326 e. The summed E-state index contributed by atoms with van der Waals surface area (Å²) in [6.45, 7) is 6.13. The van der Waals surface area contributed by atoms with Crippen molar-refractivity contribution in [3.05, 3.63) is 0 Å². The van der Waals surface area contributed by atoms with Gasteiger partial charge in [-0.05, 0) is 19.3 Å². The van der Waals surface area contributed by atoms with Crippen molar-refractivity contribution in [2.24, 2.45) is 11.8 Å². The van der Waals surface area contributed by atoms with E-state index in [1.165, 1.54) is 4.90 Å². The quantitative estimate of drug-likeness (QED) is 0.736. The average molecular weight is 199 g/mol. The maximum atomic E-state index is 11.8. The fourth-order valence-corrected chi connectivity index (χ4v) is 1.86. The van der Waals surface area contributed by atoms with Crippen molar-refractivity contribution in [3.8, 4) is 0 Å². The van der Waals surface area contributed by atoms with Gasteiger partial charge in [0.1, 0.15) is 6.04 Å². The molecule has 4 nitrogen and oxygen atoms in total. The Balaban J connectivity index is 2.69. The lowest BCUT2D eigenvalue weighted by Gasteiger charge is -2.21. The van der Waals surface area contributed by atoms with Crippen LogP contribution in [0.4, 0.5) is 0 Å². The Kier molecular flexibility index (Phi) is 3.13. The number of carboxylic acids is 1. The van der Waals surface area contributed by atoms with Gasteiger partial charge in [0.05, 0.1) is 0 Å². The summed E-state index contributed by atoms with van der Waals surface area (Å²) in [6.07, 6.45) is 0.786. The minimum atomic E-state index is -0.928. The first kappa shape index (κ1) is 11.0. The van der Waals surface area contributed by atoms with Gasteiger partial charge in [-0.25, -0.2) is 4.79 Å². The van der Waals surface area contributed by atoms with E-state index in [4.69, 9.17) is 5.11 Å². The number of hydrogen-bond donors (Lipinski definition) is 1. The highest BCUT2D eigenvalue weighted by Gasteiger charge is 2.37. The molecule has 14 heavy (non-hydrogen) atoms.